The fraction of sp³-hybridized carbons (Fsp3) is 0.333. The zero-order chi connectivity index (χ0) is 28.9. The van der Waals surface area contributed by atoms with E-state index in [1.54, 1.807) is 6.92 Å². The molecule has 1 aliphatic heterocycles. The largest absolute Gasteiger partial charge is 0.418 e. The minimum atomic E-state index is -4.57. The lowest BCUT2D eigenvalue weighted by molar-refractivity contribution is -0.138. The SMILES string of the molecule is CC1=NCC(Cn2c(=O)c3c(ncn3[C@@H](C)C(=O)Nc3csc(-c4cnc(C)c(C(F)(F)F)c4)n3)n(C)c2=O)=N1. The lowest BCUT2D eigenvalue weighted by Crippen LogP contribution is -2.42. The summed E-state index contributed by atoms with van der Waals surface area (Å²) >= 11 is 1.04. The summed E-state index contributed by atoms with van der Waals surface area (Å²) in [6.07, 6.45) is -1.98. The molecule has 0 aromatic carbocycles. The van der Waals surface area contributed by atoms with E-state index in [1.165, 1.54) is 47.9 Å². The van der Waals surface area contributed by atoms with E-state index >= 15 is 0 Å². The molecule has 4 aromatic heterocycles. The molecule has 5 heterocycles. The monoisotopic (exact) mass is 573 g/mol. The first-order valence-electron chi connectivity index (χ1n) is 11.9. The Morgan fingerprint density at radius 1 is 1.23 bits per heavy atom. The van der Waals surface area contributed by atoms with Crippen LogP contribution in [0.25, 0.3) is 21.7 Å². The first kappa shape index (κ1) is 27.1. The molecule has 5 rings (SSSR count). The number of fused-ring (bicyclic) bond motifs is 1. The number of amidine groups is 1. The predicted octanol–water partition coefficient (Wildman–Crippen LogP) is 2.82. The summed E-state index contributed by atoms with van der Waals surface area (Å²) in [5.41, 5.74) is -1.37. The Hall–Kier alpha value is -4.47. The summed E-state index contributed by atoms with van der Waals surface area (Å²) in [6.45, 7) is 4.75. The molecule has 16 heteroatoms. The summed E-state index contributed by atoms with van der Waals surface area (Å²) < 4.78 is 43.5. The molecule has 0 unspecified atom stereocenters. The molecule has 1 atom stereocenters. The van der Waals surface area contributed by atoms with Gasteiger partial charge in [0.15, 0.2) is 11.2 Å². The number of aryl methyl sites for hydroxylation is 2. The van der Waals surface area contributed by atoms with Crippen LogP contribution >= 0.6 is 11.3 Å². The van der Waals surface area contributed by atoms with Crippen LogP contribution in [-0.4, -0.2) is 52.7 Å². The average Bonchev–Trinajstić information content (AvgIpc) is 3.64. The van der Waals surface area contributed by atoms with Crippen LogP contribution in [0.3, 0.4) is 0 Å². The van der Waals surface area contributed by atoms with Gasteiger partial charge in [-0.25, -0.2) is 19.8 Å². The zero-order valence-electron chi connectivity index (χ0n) is 21.6. The molecule has 0 saturated carbocycles. The van der Waals surface area contributed by atoms with Gasteiger partial charge in [-0.15, -0.1) is 11.3 Å². The normalized spacial score (nSPS) is 14.4. The highest BCUT2D eigenvalue weighted by molar-refractivity contribution is 7.13. The second kappa shape index (κ2) is 9.93. The number of alkyl halides is 3. The van der Waals surface area contributed by atoms with Crippen LogP contribution in [0.15, 0.2) is 43.5 Å². The maximum Gasteiger partial charge on any atom is 0.418 e. The minimum absolute atomic E-state index is 0.0466. The van der Waals surface area contributed by atoms with Gasteiger partial charge >= 0.3 is 11.9 Å². The number of amides is 1. The Morgan fingerprint density at radius 2 is 1.98 bits per heavy atom. The molecular weight excluding hydrogens is 551 g/mol. The van der Waals surface area contributed by atoms with Gasteiger partial charge in [0.25, 0.3) is 5.56 Å². The number of aliphatic imine (C=N–C) groups is 2. The third-order valence-electron chi connectivity index (χ3n) is 6.40. The van der Waals surface area contributed by atoms with Crippen molar-refractivity contribution in [1.82, 2.24) is 28.7 Å². The second-order valence-corrected chi connectivity index (χ2v) is 10.0. The molecule has 0 aliphatic carbocycles. The molecular formula is C24H22F3N9O3S. The van der Waals surface area contributed by atoms with E-state index in [9.17, 15) is 27.6 Å². The van der Waals surface area contributed by atoms with Crippen LogP contribution in [0.1, 0.15) is 31.1 Å². The number of carbonyl (C=O) groups excluding carboxylic acids is 1. The molecule has 1 aliphatic rings. The van der Waals surface area contributed by atoms with Crippen molar-refractivity contribution in [1.29, 1.82) is 0 Å². The molecule has 4 aromatic rings. The van der Waals surface area contributed by atoms with E-state index in [-0.39, 0.29) is 46.3 Å². The van der Waals surface area contributed by atoms with Crippen molar-refractivity contribution < 1.29 is 18.0 Å². The van der Waals surface area contributed by atoms with E-state index in [0.717, 1.165) is 22.0 Å². The number of pyridine rings is 1. The van der Waals surface area contributed by atoms with Gasteiger partial charge in [-0.2, -0.15) is 13.2 Å². The van der Waals surface area contributed by atoms with E-state index in [2.05, 4.69) is 30.3 Å². The zero-order valence-corrected chi connectivity index (χ0v) is 22.5. The number of nitrogens with one attached hydrogen (secondary N) is 1. The summed E-state index contributed by atoms with van der Waals surface area (Å²) in [5, 5.41) is 4.35. The number of carbonyl (C=O) groups is 1. The number of aromatic nitrogens is 6. The van der Waals surface area contributed by atoms with Gasteiger partial charge in [0.05, 0.1) is 30.7 Å². The first-order valence-corrected chi connectivity index (χ1v) is 12.8. The van der Waals surface area contributed by atoms with E-state index in [4.69, 9.17) is 0 Å². The number of nitrogens with zero attached hydrogens (tertiary/aromatic N) is 8. The van der Waals surface area contributed by atoms with Crippen LogP contribution in [0.2, 0.25) is 0 Å². The van der Waals surface area contributed by atoms with Gasteiger partial charge in [0, 0.05) is 29.9 Å². The standard InChI is InChI=1S/C24H22F3N9O3S/c1-11-16(24(25,26)27)5-14(6-28-11)21-33-17(9-40-21)32-20(37)12(2)36-10-30-19-18(36)22(38)35(23(39)34(19)4)8-15-7-29-13(3)31-15/h5-6,9-10,12H,7-8H2,1-4H3,(H,32,37)/t12-/m0/s1. The second-order valence-electron chi connectivity index (χ2n) is 9.16. The molecule has 12 nitrogen and oxygen atoms in total. The molecule has 0 spiro atoms. The number of thiazole rings is 1. The molecule has 1 N–H and O–H groups in total. The number of hydrogen-bond acceptors (Lipinski definition) is 9. The Balaban J connectivity index is 1.42. The van der Waals surface area contributed by atoms with Crippen molar-refractivity contribution in [2.24, 2.45) is 17.0 Å². The summed E-state index contributed by atoms with van der Waals surface area (Å²) in [6, 6.07) is 0.00784. The topological polar surface area (TPSA) is 141 Å². The van der Waals surface area contributed by atoms with Gasteiger partial charge in [-0.1, -0.05) is 0 Å². The number of imidazole rings is 1. The summed E-state index contributed by atoms with van der Waals surface area (Å²) in [4.78, 5) is 60.0. The molecule has 0 saturated heterocycles. The maximum absolute atomic E-state index is 13.4. The smallest absolute Gasteiger partial charge is 0.312 e. The fourth-order valence-corrected chi connectivity index (χ4v) is 4.99. The third kappa shape index (κ3) is 4.85. The van der Waals surface area contributed by atoms with E-state index in [1.807, 2.05) is 0 Å². The maximum atomic E-state index is 13.4. The van der Waals surface area contributed by atoms with Gasteiger partial charge in [-0.3, -0.25) is 28.7 Å². The highest BCUT2D eigenvalue weighted by Crippen LogP contribution is 2.35. The van der Waals surface area contributed by atoms with Crippen molar-refractivity contribution in [2.45, 2.75) is 39.5 Å². The number of hydrogen-bond donors (Lipinski definition) is 1. The molecule has 1 amide bonds. The van der Waals surface area contributed by atoms with Crippen LogP contribution < -0.4 is 16.6 Å². The highest BCUT2D eigenvalue weighted by atomic mass is 32.1. The van der Waals surface area contributed by atoms with Gasteiger partial charge in [0.1, 0.15) is 22.7 Å². The van der Waals surface area contributed by atoms with Crippen LogP contribution in [0, 0.1) is 6.92 Å². The van der Waals surface area contributed by atoms with Crippen molar-refractivity contribution in [3.8, 4) is 10.6 Å². The quantitative estimate of drug-likeness (QED) is 0.376. The Labute approximate surface area is 227 Å². The van der Waals surface area contributed by atoms with Gasteiger partial charge < -0.3 is 9.88 Å². The Bertz CT molecular complexity index is 1850. The van der Waals surface area contributed by atoms with Crippen molar-refractivity contribution in [3.05, 3.63) is 56.1 Å². The number of rotatable bonds is 6. The van der Waals surface area contributed by atoms with Crippen LogP contribution in [-0.2, 0) is 24.6 Å². The average molecular weight is 574 g/mol. The van der Waals surface area contributed by atoms with Gasteiger partial charge in [0.2, 0.25) is 5.91 Å². The van der Waals surface area contributed by atoms with Crippen molar-refractivity contribution in [3.63, 3.8) is 0 Å². The van der Waals surface area contributed by atoms with Crippen molar-refractivity contribution in [2.75, 3.05) is 11.9 Å². The highest BCUT2D eigenvalue weighted by Gasteiger charge is 2.33. The first-order chi connectivity index (χ1) is 18.8. The minimum Gasteiger partial charge on any atom is -0.312 e. The molecule has 0 radical (unpaired) electrons. The number of halogens is 3. The van der Waals surface area contributed by atoms with Crippen molar-refractivity contribution >= 4 is 45.8 Å². The Morgan fingerprint density at radius 3 is 2.65 bits per heavy atom. The lowest BCUT2D eigenvalue weighted by Gasteiger charge is -2.14. The molecule has 208 valence electrons. The summed E-state index contributed by atoms with van der Waals surface area (Å²) in [5.74, 6) is 0.119. The van der Waals surface area contributed by atoms with Crippen LogP contribution in [0.4, 0.5) is 19.0 Å². The third-order valence-corrected chi connectivity index (χ3v) is 7.29. The molecule has 0 bridgehead atoms. The molecule has 0 fully saturated rings. The van der Waals surface area contributed by atoms with E-state index < -0.39 is 34.9 Å². The van der Waals surface area contributed by atoms with E-state index in [0.29, 0.717) is 11.5 Å². The van der Waals surface area contributed by atoms with Crippen LogP contribution in [0.5, 0.6) is 0 Å². The molecule has 40 heavy (non-hydrogen) atoms. The summed E-state index contributed by atoms with van der Waals surface area (Å²) in [7, 11) is 1.47. The number of anilines is 1. The lowest BCUT2D eigenvalue weighted by atomic mass is 10.1. The fourth-order valence-electron chi connectivity index (χ4n) is 4.25. The van der Waals surface area contributed by atoms with Gasteiger partial charge in [-0.05, 0) is 26.8 Å². The Kier molecular flexibility index (Phi) is 6.73. The predicted molar refractivity (Wildman–Crippen MR) is 143 cm³/mol.